The molecule has 0 unspecified atom stereocenters. The van der Waals surface area contributed by atoms with E-state index >= 15 is 0 Å². The standard InChI is InChI=1S/C19H40O3/c1-6-8-10-12-14-16-18(17-15-13-11-9-7-2)19(20-3,21-4)22-5/h18H,6-17H2,1-5H3. The van der Waals surface area contributed by atoms with Gasteiger partial charge in [0.2, 0.25) is 0 Å². The number of unbranched alkanes of at least 4 members (excludes halogenated alkanes) is 8. The van der Waals surface area contributed by atoms with Crippen LogP contribution in [0.2, 0.25) is 0 Å². The third-order valence-corrected chi connectivity index (χ3v) is 4.67. The van der Waals surface area contributed by atoms with E-state index in [1.54, 1.807) is 21.3 Å². The molecule has 0 aliphatic carbocycles. The third-order valence-electron chi connectivity index (χ3n) is 4.67. The maximum absolute atomic E-state index is 5.61. The van der Waals surface area contributed by atoms with Crippen molar-refractivity contribution in [2.75, 3.05) is 21.3 Å². The second kappa shape index (κ2) is 14.5. The molecule has 0 aliphatic heterocycles. The van der Waals surface area contributed by atoms with E-state index in [0.29, 0.717) is 5.92 Å². The van der Waals surface area contributed by atoms with E-state index in [1.807, 2.05) is 0 Å². The first-order chi connectivity index (χ1) is 10.7. The van der Waals surface area contributed by atoms with Crippen molar-refractivity contribution in [3.05, 3.63) is 0 Å². The minimum Gasteiger partial charge on any atom is -0.331 e. The summed E-state index contributed by atoms with van der Waals surface area (Å²) in [6.07, 6.45) is 15.2. The molecule has 0 saturated carbocycles. The fraction of sp³-hybridized carbons (Fsp3) is 1.00. The lowest BCUT2D eigenvalue weighted by Gasteiger charge is -2.36. The molecule has 0 aromatic heterocycles. The average molecular weight is 317 g/mol. The van der Waals surface area contributed by atoms with Gasteiger partial charge in [-0.3, -0.25) is 0 Å². The zero-order chi connectivity index (χ0) is 16.7. The summed E-state index contributed by atoms with van der Waals surface area (Å²) in [7, 11) is 5.07. The molecule has 0 aromatic rings. The van der Waals surface area contributed by atoms with Gasteiger partial charge >= 0.3 is 0 Å². The van der Waals surface area contributed by atoms with E-state index in [-0.39, 0.29) is 0 Å². The van der Waals surface area contributed by atoms with Crippen LogP contribution < -0.4 is 0 Å². The summed E-state index contributed by atoms with van der Waals surface area (Å²) in [5.74, 6) is -0.550. The maximum atomic E-state index is 5.61. The summed E-state index contributed by atoms with van der Waals surface area (Å²) >= 11 is 0. The van der Waals surface area contributed by atoms with Crippen molar-refractivity contribution in [2.24, 2.45) is 5.92 Å². The van der Waals surface area contributed by atoms with Crippen molar-refractivity contribution in [2.45, 2.75) is 96.9 Å². The highest BCUT2D eigenvalue weighted by atomic mass is 16.9. The van der Waals surface area contributed by atoms with Gasteiger partial charge in [-0.15, -0.1) is 0 Å². The smallest absolute Gasteiger partial charge is 0.285 e. The van der Waals surface area contributed by atoms with Crippen molar-refractivity contribution < 1.29 is 14.2 Å². The zero-order valence-electron chi connectivity index (χ0n) is 15.8. The van der Waals surface area contributed by atoms with Crippen molar-refractivity contribution in [1.82, 2.24) is 0 Å². The van der Waals surface area contributed by atoms with Crippen LogP contribution in [0.3, 0.4) is 0 Å². The molecule has 0 rings (SSSR count). The largest absolute Gasteiger partial charge is 0.331 e. The molecule has 0 aromatic carbocycles. The number of ether oxygens (including phenoxy) is 3. The lowest BCUT2D eigenvalue weighted by molar-refractivity contribution is -0.380. The van der Waals surface area contributed by atoms with Crippen molar-refractivity contribution in [3.63, 3.8) is 0 Å². The van der Waals surface area contributed by atoms with E-state index < -0.39 is 5.97 Å². The van der Waals surface area contributed by atoms with Crippen molar-refractivity contribution in [3.8, 4) is 0 Å². The molecule has 22 heavy (non-hydrogen) atoms. The lowest BCUT2D eigenvalue weighted by Crippen LogP contribution is -2.44. The highest BCUT2D eigenvalue weighted by Crippen LogP contribution is 2.33. The van der Waals surface area contributed by atoms with Crippen molar-refractivity contribution >= 4 is 0 Å². The Bertz CT molecular complexity index is 204. The first kappa shape index (κ1) is 21.9. The van der Waals surface area contributed by atoms with Gasteiger partial charge in [0.05, 0.1) is 0 Å². The van der Waals surface area contributed by atoms with E-state index in [2.05, 4.69) is 13.8 Å². The molecule has 0 heterocycles. The molecule has 0 bridgehead atoms. The lowest BCUT2D eigenvalue weighted by atomic mass is 9.91. The summed E-state index contributed by atoms with van der Waals surface area (Å²) in [5.41, 5.74) is 0. The SMILES string of the molecule is CCCCCCCC(CCCCCCC)C(OC)(OC)OC. The minimum absolute atomic E-state index is 0.316. The van der Waals surface area contributed by atoms with Gasteiger partial charge in [0.15, 0.2) is 0 Å². The first-order valence-corrected chi connectivity index (χ1v) is 9.36. The Morgan fingerprint density at radius 1 is 0.591 bits per heavy atom. The van der Waals surface area contributed by atoms with Crippen LogP contribution in [0.4, 0.5) is 0 Å². The highest BCUT2D eigenvalue weighted by molar-refractivity contribution is 4.71. The summed E-state index contributed by atoms with van der Waals surface area (Å²) in [6.45, 7) is 4.51. The van der Waals surface area contributed by atoms with Gasteiger partial charge in [-0.2, -0.15) is 0 Å². The number of rotatable bonds is 16. The monoisotopic (exact) mass is 316 g/mol. The van der Waals surface area contributed by atoms with Gasteiger partial charge < -0.3 is 14.2 Å². The third kappa shape index (κ3) is 8.50. The molecule has 0 fully saturated rings. The molecule has 0 amide bonds. The van der Waals surface area contributed by atoms with E-state index in [4.69, 9.17) is 14.2 Å². The van der Waals surface area contributed by atoms with Crippen LogP contribution in [-0.2, 0) is 14.2 Å². The molecule has 0 radical (unpaired) electrons. The number of methoxy groups -OCH3 is 3. The zero-order valence-corrected chi connectivity index (χ0v) is 15.8. The Morgan fingerprint density at radius 2 is 0.955 bits per heavy atom. The molecule has 0 spiro atoms. The van der Waals surface area contributed by atoms with E-state index in [9.17, 15) is 0 Å². The Labute approximate surface area is 139 Å². The van der Waals surface area contributed by atoms with Crippen LogP contribution in [0.15, 0.2) is 0 Å². The van der Waals surface area contributed by atoms with Crippen LogP contribution in [-0.4, -0.2) is 27.3 Å². The summed E-state index contributed by atoms with van der Waals surface area (Å²) in [4.78, 5) is 0. The molecule has 0 atom stereocenters. The van der Waals surface area contributed by atoms with Crippen LogP contribution >= 0.6 is 0 Å². The fourth-order valence-corrected chi connectivity index (χ4v) is 3.24. The van der Waals surface area contributed by atoms with Gasteiger partial charge in [-0.05, 0) is 12.8 Å². The first-order valence-electron chi connectivity index (χ1n) is 9.36. The topological polar surface area (TPSA) is 27.7 Å². The molecule has 3 nitrogen and oxygen atoms in total. The summed E-state index contributed by atoms with van der Waals surface area (Å²) in [5, 5.41) is 0. The molecule has 3 heteroatoms. The minimum atomic E-state index is -0.866. The molecule has 0 N–H and O–H groups in total. The Morgan fingerprint density at radius 3 is 1.27 bits per heavy atom. The van der Waals surface area contributed by atoms with E-state index in [0.717, 1.165) is 12.8 Å². The van der Waals surface area contributed by atoms with Crippen LogP contribution in [0.1, 0.15) is 90.9 Å². The normalized spacial score (nSPS) is 12.3. The fourth-order valence-electron chi connectivity index (χ4n) is 3.24. The molecule has 134 valence electrons. The number of hydrogen-bond acceptors (Lipinski definition) is 3. The predicted octanol–water partition coefficient (Wildman–Crippen LogP) is 5.92. The van der Waals surface area contributed by atoms with Gasteiger partial charge in [0.25, 0.3) is 5.97 Å². The Kier molecular flexibility index (Phi) is 14.4. The number of hydrogen-bond donors (Lipinski definition) is 0. The highest BCUT2D eigenvalue weighted by Gasteiger charge is 2.39. The van der Waals surface area contributed by atoms with Gasteiger partial charge in [-0.1, -0.05) is 78.1 Å². The van der Waals surface area contributed by atoms with Crippen LogP contribution in [0, 0.1) is 5.92 Å². The Hall–Kier alpha value is -0.120. The van der Waals surface area contributed by atoms with Gasteiger partial charge in [0, 0.05) is 27.2 Å². The summed E-state index contributed by atoms with van der Waals surface area (Å²) < 4.78 is 16.8. The molecular formula is C19H40O3. The molecule has 0 aliphatic rings. The average Bonchev–Trinajstić information content (AvgIpc) is 2.55. The quantitative estimate of drug-likeness (QED) is 0.261. The van der Waals surface area contributed by atoms with Gasteiger partial charge in [0.1, 0.15) is 0 Å². The predicted molar refractivity (Wildman–Crippen MR) is 94.0 cm³/mol. The summed E-state index contributed by atoms with van der Waals surface area (Å²) in [6, 6.07) is 0. The Balaban J connectivity index is 4.35. The second-order valence-electron chi connectivity index (χ2n) is 6.32. The van der Waals surface area contributed by atoms with E-state index in [1.165, 1.54) is 64.2 Å². The molecule has 0 saturated heterocycles. The maximum Gasteiger partial charge on any atom is 0.285 e. The molecular weight excluding hydrogens is 276 g/mol. The van der Waals surface area contributed by atoms with Crippen molar-refractivity contribution in [1.29, 1.82) is 0 Å². The van der Waals surface area contributed by atoms with Crippen LogP contribution in [0.25, 0.3) is 0 Å². The van der Waals surface area contributed by atoms with Gasteiger partial charge in [-0.25, -0.2) is 0 Å². The van der Waals surface area contributed by atoms with Crippen LogP contribution in [0.5, 0.6) is 0 Å². The second-order valence-corrected chi connectivity index (χ2v) is 6.32.